The first-order chi connectivity index (χ1) is 11.9. The molecule has 0 spiro atoms. The van der Waals surface area contributed by atoms with E-state index in [2.05, 4.69) is 5.32 Å². The monoisotopic (exact) mass is 377 g/mol. The summed E-state index contributed by atoms with van der Waals surface area (Å²) in [7, 11) is 3.35. The number of nitrogen functional groups attached to an aromatic ring is 1. The fraction of sp³-hybridized carbons (Fsp3) is 0.263. The molecule has 6 nitrogen and oxygen atoms in total. The maximum absolute atomic E-state index is 12.3. The van der Waals surface area contributed by atoms with Crippen molar-refractivity contribution in [1.29, 1.82) is 0 Å². The number of likely N-dealkylation sites (N-methyl/N-ethyl adjacent to an activating group) is 1. The van der Waals surface area contributed by atoms with Crippen LogP contribution in [-0.2, 0) is 11.3 Å². The Morgan fingerprint density at radius 1 is 1.15 bits per heavy atom. The van der Waals surface area contributed by atoms with Crippen molar-refractivity contribution in [3.63, 3.8) is 0 Å². The summed E-state index contributed by atoms with van der Waals surface area (Å²) in [4.78, 5) is 25.4. The molecule has 0 unspecified atom stereocenters. The molecule has 2 aromatic carbocycles. The van der Waals surface area contributed by atoms with E-state index in [0.29, 0.717) is 23.5 Å². The van der Waals surface area contributed by atoms with Gasteiger partial charge in [-0.15, -0.1) is 12.4 Å². The minimum Gasteiger partial charge on any atom is -0.484 e. The fourth-order valence-electron chi connectivity index (χ4n) is 2.18. The van der Waals surface area contributed by atoms with E-state index in [1.165, 1.54) is 4.90 Å². The van der Waals surface area contributed by atoms with Gasteiger partial charge in [-0.1, -0.05) is 18.2 Å². The molecule has 0 bridgehead atoms. The van der Waals surface area contributed by atoms with Gasteiger partial charge in [-0.25, -0.2) is 0 Å². The molecule has 0 fully saturated rings. The quantitative estimate of drug-likeness (QED) is 0.757. The van der Waals surface area contributed by atoms with Crippen LogP contribution >= 0.6 is 12.4 Å². The van der Waals surface area contributed by atoms with Gasteiger partial charge in [0.15, 0.2) is 6.61 Å². The first-order valence-corrected chi connectivity index (χ1v) is 7.93. The Kier molecular flexibility index (Phi) is 7.93. The van der Waals surface area contributed by atoms with Gasteiger partial charge >= 0.3 is 0 Å². The summed E-state index contributed by atoms with van der Waals surface area (Å²) in [6, 6.07) is 12.5. The molecule has 140 valence electrons. The van der Waals surface area contributed by atoms with Crippen LogP contribution in [0.15, 0.2) is 42.5 Å². The minimum atomic E-state index is -0.182. The highest BCUT2D eigenvalue weighted by atomic mass is 35.5. The zero-order valence-corrected chi connectivity index (χ0v) is 15.9. The van der Waals surface area contributed by atoms with E-state index in [1.54, 1.807) is 38.4 Å². The van der Waals surface area contributed by atoms with Gasteiger partial charge in [0.05, 0.1) is 0 Å². The number of nitrogens with zero attached hydrogens (tertiary/aromatic N) is 1. The smallest absolute Gasteiger partial charge is 0.259 e. The van der Waals surface area contributed by atoms with Crippen molar-refractivity contribution in [3.8, 4) is 5.75 Å². The molecule has 3 N–H and O–H groups in total. The lowest BCUT2D eigenvalue weighted by Crippen LogP contribution is -2.27. The molecule has 0 saturated carbocycles. The summed E-state index contributed by atoms with van der Waals surface area (Å²) in [5, 5.41) is 2.87. The average molecular weight is 378 g/mol. The predicted molar refractivity (Wildman–Crippen MR) is 105 cm³/mol. The molecule has 2 rings (SSSR count). The molecule has 0 aliphatic carbocycles. The van der Waals surface area contributed by atoms with Crippen molar-refractivity contribution < 1.29 is 14.3 Å². The van der Waals surface area contributed by atoms with E-state index in [0.717, 1.165) is 11.1 Å². The van der Waals surface area contributed by atoms with Crippen LogP contribution in [0.5, 0.6) is 5.75 Å². The molecule has 0 atom stereocenters. The van der Waals surface area contributed by atoms with Crippen LogP contribution in [0, 0.1) is 6.92 Å². The second-order valence-corrected chi connectivity index (χ2v) is 5.98. The lowest BCUT2D eigenvalue weighted by atomic mass is 10.1. The number of benzene rings is 2. The SMILES string of the molecule is Cc1ccc(N)cc1C(=O)NCc1cccc(OCC(=O)N(C)C)c1.Cl. The van der Waals surface area contributed by atoms with Crippen LogP contribution in [0.25, 0.3) is 0 Å². The van der Waals surface area contributed by atoms with Crippen LogP contribution in [0.2, 0.25) is 0 Å². The normalized spacial score (nSPS) is 9.81. The fourth-order valence-corrected chi connectivity index (χ4v) is 2.18. The van der Waals surface area contributed by atoms with Gasteiger partial charge in [0.1, 0.15) is 5.75 Å². The van der Waals surface area contributed by atoms with E-state index in [1.807, 2.05) is 25.1 Å². The van der Waals surface area contributed by atoms with Crippen LogP contribution in [0.3, 0.4) is 0 Å². The summed E-state index contributed by atoms with van der Waals surface area (Å²) in [6.45, 7) is 2.20. The van der Waals surface area contributed by atoms with Crippen LogP contribution in [0.4, 0.5) is 5.69 Å². The number of amides is 2. The van der Waals surface area contributed by atoms with Crippen molar-refractivity contribution in [2.75, 3.05) is 26.4 Å². The summed E-state index contributed by atoms with van der Waals surface area (Å²) >= 11 is 0. The number of halogens is 1. The molecule has 0 aliphatic heterocycles. The molecule has 26 heavy (non-hydrogen) atoms. The van der Waals surface area contributed by atoms with E-state index >= 15 is 0 Å². The molecular formula is C19H24ClN3O3. The highest BCUT2D eigenvalue weighted by Gasteiger charge is 2.10. The number of hydrogen-bond acceptors (Lipinski definition) is 4. The van der Waals surface area contributed by atoms with Gasteiger partial charge in [0.25, 0.3) is 11.8 Å². The standard InChI is InChI=1S/C19H23N3O3.ClH/c1-13-7-8-15(20)10-17(13)19(24)21-11-14-5-4-6-16(9-14)25-12-18(23)22(2)3;/h4-10H,11-12,20H2,1-3H3,(H,21,24);1H. The molecule has 7 heteroatoms. The van der Waals surface area contributed by atoms with Crippen molar-refractivity contribution >= 4 is 29.9 Å². The largest absolute Gasteiger partial charge is 0.484 e. The zero-order chi connectivity index (χ0) is 18.4. The summed E-state index contributed by atoms with van der Waals surface area (Å²) in [6.07, 6.45) is 0. The zero-order valence-electron chi connectivity index (χ0n) is 15.1. The third-order valence-electron chi connectivity index (χ3n) is 3.72. The van der Waals surface area contributed by atoms with Crippen molar-refractivity contribution in [2.24, 2.45) is 0 Å². The van der Waals surface area contributed by atoms with Gasteiger partial charge in [-0.05, 0) is 42.3 Å². The number of nitrogens with one attached hydrogen (secondary N) is 1. The Labute approximate surface area is 159 Å². The molecular weight excluding hydrogens is 354 g/mol. The number of ether oxygens (including phenoxy) is 1. The number of carbonyl (C=O) groups excluding carboxylic acids is 2. The highest BCUT2D eigenvalue weighted by molar-refractivity contribution is 5.96. The van der Waals surface area contributed by atoms with Gasteiger partial charge in [0, 0.05) is 31.9 Å². The lowest BCUT2D eigenvalue weighted by molar-refractivity contribution is -0.130. The summed E-state index contributed by atoms with van der Waals surface area (Å²) in [5.41, 5.74) is 8.60. The average Bonchev–Trinajstić information content (AvgIpc) is 2.59. The topological polar surface area (TPSA) is 84.7 Å². The number of rotatable bonds is 6. The Morgan fingerprint density at radius 2 is 1.88 bits per heavy atom. The lowest BCUT2D eigenvalue weighted by Gasteiger charge is -2.12. The van der Waals surface area contributed by atoms with E-state index < -0.39 is 0 Å². The first kappa shape index (κ1) is 21.3. The summed E-state index contributed by atoms with van der Waals surface area (Å²) < 4.78 is 5.48. The Hall–Kier alpha value is -2.73. The maximum atomic E-state index is 12.3. The molecule has 2 amide bonds. The van der Waals surface area contributed by atoms with Crippen molar-refractivity contribution in [3.05, 3.63) is 59.2 Å². The molecule has 0 radical (unpaired) electrons. The molecule has 0 aliphatic rings. The number of carbonyl (C=O) groups is 2. The maximum Gasteiger partial charge on any atom is 0.259 e. The summed E-state index contributed by atoms with van der Waals surface area (Å²) in [5.74, 6) is 0.289. The van der Waals surface area contributed by atoms with Gasteiger partial charge in [-0.3, -0.25) is 9.59 Å². The van der Waals surface area contributed by atoms with Crippen LogP contribution in [-0.4, -0.2) is 37.4 Å². The number of aryl methyl sites for hydroxylation is 1. The number of nitrogens with two attached hydrogens (primary N) is 1. The predicted octanol–water partition coefficient (Wildman–Crippen LogP) is 2.40. The molecule has 2 aromatic rings. The van der Waals surface area contributed by atoms with Crippen molar-refractivity contribution in [1.82, 2.24) is 10.2 Å². The van der Waals surface area contributed by atoms with Gasteiger partial charge in [-0.2, -0.15) is 0 Å². The number of hydrogen-bond donors (Lipinski definition) is 2. The van der Waals surface area contributed by atoms with Crippen LogP contribution in [0.1, 0.15) is 21.5 Å². The van der Waals surface area contributed by atoms with Crippen LogP contribution < -0.4 is 15.8 Å². The van der Waals surface area contributed by atoms with Crippen molar-refractivity contribution in [2.45, 2.75) is 13.5 Å². The minimum absolute atomic E-state index is 0. The first-order valence-electron chi connectivity index (χ1n) is 7.93. The van der Waals surface area contributed by atoms with E-state index in [9.17, 15) is 9.59 Å². The molecule has 0 saturated heterocycles. The Bertz CT molecular complexity index is 778. The van der Waals surface area contributed by atoms with E-state index in [4.69, 9.17) is 10.5 Å². The Balaban J connectivity index is 0.00000338. The number of anilines is 1. The molecule has 0 aromatic heterocycles. The second-order valence-electron chi connectivity index (χ2n) is 5.98. The highest BCUT2D eigenvalue weighted by Crippen LogP contribution is 2.15. The third-order valence-corrected chi connectivity index (χ3v) is 3.72. The van der Waals surface area contributed by atoms with E-state index in [-0.39, 0.29) is 30.8 Å². The Morgan fingerprint density at radius 3 is 2.58 bits per heavy atom. The third kappa shape index (κ3) is 5.97. The second kappa shape index (κ2) is 9.68. The van der Waals surface area contributed by atoms with Gasteiger partial charge in [0.2, 0.25) is 0 Å². The van der Waals surface area contributed by atoms with Gasteiger partial charge < -0.3 is 20.7 Å². The molecule has 0 heterocycles.